The van der Waals surface area contributed by atoms with Crippen molar-refractivity contribution >= 4 is 34.8 Å². The third-order valence-electron chi connectivity index (χ3n) is 4.37. The highest BCUT2D eigenvalue weighted by Crippen LogP contribution is 2.25. The van der Waals surface area contributed by atoms with Crippen molar-refractivity contribution < 1.29 is 19.8 Å². The monoisotopic (exact) mass is 454 g/mol. The van der Waals surface area contributed by atoms with Gasteiger partial charge < -0.3 is 20.8 Å². The Morgan fingerprint density at radius 1 is 1.06 bits per heavy atom. The molecule has 0 aliphatic carbocycles. The minimum Gasteiger partial charge on any atom is -0.481 e. The van der Waals surface area contributed by atoms with E-state index in [4.69, 9.17) is 17.3 Å². The van der Waals surface area contributed by atoms with Crippen molar-refractivity contribution in [1.82, 2.24) is 5.32 Å². The van der Waals surface area contributed by atoms with Crippen molar-refractivity contribution in [3.63, 3.8) is 0 Å². The molecule has 6 nitrogen and oxygen atoms in total. The van der Waals surface area contributed by atoms with Crippen LogP contribution in [-0.4, -0.2) is 33.7 Å². The second-order valence-corrected chi connectivity index (χ2v) is 7.92. The number of hydrogen-bond acceptors (Lipinski definition) is 4. The van der Waals surface area contributed by atoms with E-state index in [1.165, 1.54) is 6.08 Å². The summed E-state index contributed by atoms with van der Waals surface area (Å²) in [6.45, 7) is 8.32. The number of rotatable bonds is 8. The molecule has 0 saturated carbocycles. The quantitative estimate of drug-likeness (QED) is 0.252. The first-order valence-electron chi connectivity index (χ1n) is 10.0. The van der Waals surface area contributed by atoms with Gasteiger partial charge in [-0.25, -0.2) is 0 Å². The average Bonchev–Trinajstić information content (AvgIpc) is 2.78. The molecule has 7 heteroatoms. The molecular formula is C25H30N2O4S. The highest BCUT2D eigenvalue weighted by molar-refractivity contribution is 7.80. The second-order valence-electron chi connectivity index (χ2n) is 7.51. The number of carboxylic acid groups (broad SMARTS) is 1. The summed E-state index contributed by atoms with van der Waals surface area (Å²) in [5.41, 5.74) is 2.27. The number of ketones is 1. The Balaban J connectivity index is 0.00000118. The van der Waals surface area contributed by atoms with Crippen molar-refractivity contribution in [3.05, 3.63) is 79.0 Å². The number of anilines is 1. The van der Waals surface area contributed by atoms with Crippen molar-refractivity contribution in [2.45, 2.75) is 27.2 Å². The first kappa shape index (κ1) is 26.7. The zero-order valence-electron chi connectivity index (χ0n) is 18.6. The molecule has 0 aliphatic rings. The second kappa shape index (κ2) is 13.2. The van der Waals surface area contributed by atoms with E-state index in [2.05, 4.69) is 17.2 Å². The molecule has 0 fully saturated rings. The van der Waals surface area contributed by atoms with E-state index in [1.807, 2.05) is 49.4 Å². The Morgan fingerprint density at radius 2 is 1.56 bits per heavy atom. The Kier molecular flexibility index (Phi) is 11.0. The van der Waals surface area contributed by atoms with Gasteiger partial charge in [0.05, 0.1) is 12.0 Å². The molecule has 0 amide bonds. The smallest absolute Gasteiger partial charge is 0.309 e. The predicted molar refractivity (Wildman–Crippen MR) is 134 cm³/mol. The SMILES string of the molecule is C/C=C/NC(=S)Nc1ccc(-c2ccc(C(=O)CC(C)(C)C(=O)O)cc2)cc1.C=CCO. The van der Waals surface area contributed by atoms with Crippen LogP contribution in [0.15, 0.2) is 73.5 Å². The van der Waals surface area contributed by atoms with Gasteiger partial charge in [-0.05, 0) is 62.4 Å². The zero-order valence-corrected chi connectivity index (χ0v) is 19.4. The topological polar surface area (TPSA) is 98.7 Å². The molecule has 2 aromatic carbocycles. The number of nitrogens with one attached hydrogen (secondary N) is 2. The Labute approximate surface area is 194 Å². The first-order chi connectivity index (χ1) is 15.1. The lowest BCUT2D eigenvalue weighted by Crippen LogP contribution is -2.26. The molecule has 0 aliphatic heterocycles. The van der Waals surface area contributed by atoms with Crippen LogP contribution in [0.2, 0.25) is 0 Å². The first-order valence-corrected chi connectivity index (χ1v) is 10.4. The molecule has 0 radical (unpaired) electrons. The molecule has 0 aromatic heterocycles. The van der Waals surface area contributed by atoms with Crippen LogP contribution >= 0.6 is 12.2 Å². The summed E-state index contributed by atoms with van der Waals surface area (Å²) in [6, 6.07) is 15.0. The van der Waals surface area contributed by atoms with Crippen LogP contribution in [0, 0.1) is 5.41 Å². The average molecular weight is 455 g/mol. The van der Waals surface area contributed by atoms with E-state index in [0.717, 1.165) is 16.8 Å². The molecular weight excluding hydrogens is 424 g/mol. The fourth-order valence-electron chi connectivity index (χ4n) is 2.50. The van der Waals surface area contributed by atoms with E-state index in [9.17, 15) is 14.7 Å². The number of thiocarbonyl (C=S) groups is 1. The summed E-state index contributed by atoms with van der Waals surface area (Å²) < 4.78 is 0. The standard InChI is InChI=1S/C22H24N2O3S.C3H6O/c1-4-13-23-21(28)24-18-11-9-16(10-12-18)15-5-7-17(8-6-15)19(25)14-22(2,3)20(26)27;1-2-3-4/h4-13H,14H2,1-3H3,(H,26,27)(H2,23,24,28);2,4H,1,3H2/b13-4+;. The molecule has 0 heterocycles. The van der Waals surface area contributed by atoms with Crippen LogP contribution in [0.25, 0.3) is 11.1 Å². The molecule has 2 aromatic rings. The molecule has 0 spiro atoms. The van der Waals surface area contributed by atoms with E-state index < -0.39 is 11.4 Å². The molecule has 170 valence electrons. The number of hydrogen-bond donors (Lipinski definition) is 4. The lowest BCUT2D eigenvalue weighted by molar-refractivity contribution is -0.146. The normalized spacial score (nSPS) is 10.6. The van der Waals surface area contributed by atoms with Crippen LogP contribution in [0.5, 0.6) is 0 Å². The third-order valence-corrected chi connectivity index (χ3v) is 4.59. The van der Waals surface area contributed by atoms with Crippen molar-refractivity contribution in [3.8, 4) is 11.1 Å². The van der Waals surface area contributed by atoms with Gasteiger partial charge in [-0.1, -0.05) is 48.6 Å². The van der Waals surface area contributed by atoms with Crippen molar-refractivity contribution in [2.24, 2.45) is 5.41 Å². The Morgan fingerprint density at radius 3 is 2.00 bits per heavy atom. The van der Waals surface area contributed by atoms with Crippen LogP contribution in [0.1, 0.15) is 37.6 Å². The highest BCUT2D eigenvalue weighted by Gasteiger charge is 2.30. The number of allylic oxidation sites excluding steroid dienone is 1. The van der Waals surface area contributed by atoms with Crippen LogP contribution < -0.4 is 10.6 Å². The molecule has 0 unspecified atom stereocenters. The van der Waals surface area contributed by atoms with Crippen molar-refractivity contribution in [2.75, 3.05) is 11.9 Å². The Bertz CT molecular complexity index is 949. The van der Waals surface area contributed by atoms with Gasteiger partial charge in [0.15, 0.2) is 10.9 Å². The summed E-state index contributed by atoms with van der Waals surface area (Å²) in [7, 11) is 0. The summed E-state index contributed by atoms with van der Waals surface area (Å²) >= 11 is 5.18. The minimum absolute atomic E-state index is 0.0385. The van der Waals surface area contributed by atoms with Crippen LogP contribution in [-0.2, 0) is 4.79 Å². The van der Waals surface area contributed by atoms with E-state index in [1.54, 1.807) is 32.2 Å². The fourth-order valence-corrected chi connectivity index (χ4v) is 2.69. The fraction of sp³-hybridized carbons (Fsp3) is 0.240. The molecule has 2 rings (SSSR count). The summed E-state index contributed by atoms with van der Waals surface area (Å²) in [4.78, 5) is 23.5. The van der Waals surface area contributed by atoms with Gasteiger partial charge in [0.2, 0.25) is 0 Å². The van der Waals surface area contributed by atoms with Gasteiger partial charge in [0.1, 0.15) is 0 Å². The molecule has 32 heavy (non-hydrogen) atoms. The Hall–Kier alpha value is -3.29. The summed E-state index contributed by atoms with van der Waals surface area (Å²) in [5, 5.41) is 23.5. The van der Waals surface area contributed by atoms with Crippen molar-refractivity contribution in [1.29, 1.82) is 0 Å². The molecule has 0 bridgehead atoms. The largest absolute Gasteiger partial charge is 0.481 e. The van der Waals surface area contributed by atoms with Gasteiger partial charge in [0.25, 0.3) is 0 Å². The number of Topliss-reactive ketones (excluding diaryl/α,β-unsaturated/α-hetero) is 1. The van der Waals surface area contributed by atoms with Crippen LogP contribution in [0.3, 0.4) is 0 Å². The van der Waals surface area contributed by atoms with Gasteiger partial charge in [0, 0.05) is 17.7 Å². The summed E-state index contributed by atoms with van der Waals surface area (Å²) in [5.74, 6) is -1.16. The number of carboxylic acids is 1. The molecule has 4 N–H and O–H groups in total. The lowest BCUT2D eigenvalue weighted by Gasteiger charge is -2.17. The number of aliphatic carboxylic acids is 1. The maximum Gasteiger partial charge on any atom is 0.309 e. The minimum atomic E-state index is -1.08. The van der Waals surface area contributed by atoms with Gasteiger partial charge >= 0.3 is 5.97 Å². The number of aliphatic hydroxyl groups excluding tert-OH is 1. The van der Waals surface area contributed by atoms with E-state index >= 15 is 0 Å². The molecule has 0 saturated heterocycles. The maximum atomic E-state index is 12.3. The zero-order chi connectivity index (χ0) is 24.1. The van der Waals surface area contributed by atoms with Gasteiger partial charge in [-0.2, -0.15) is 0 Å². The number of benzene rings is 2. The maximum absolute atomic E-state index is 12.3. The lowest BCUT2D eigenvalue weighted by atomic mass is 9.85. The summed E-state index contributed by atoms with van der Waals surface area (Å²) in [6.07, 6.45) is 5.00. The van der Waals surface area contributed by atoms with Gasteiger partial charge in [-0.15, -0.1) is 6.58 Å². The van der Waals surface area contributed by atoms with Gasteiger partial charge in [-0.3, -0.25) is 9.59 Å². The molecule has 0 atom stereocenters. The third kappa shape index (κ3) is 8.83. The van der Waals surface area contributed by atoms with Crippen LogP contribution in [0.4, 0.5) is 5.69 Å². The number of carbonyl (C=O) groups excluding carboxylic acids is 1. The number of aliphatic hydroxyl groups is 1. The number of carbonyl (C=O) groups is 2. The predicted octanol–water partition coefficient (Wildman–Crippen LogP) is 5.02. The highest BCUT2D eigenvalue weighted by atomic mass is 32.1. The van der Waals surface area contributed by atoms with E-state index in [0.29, 0.717) is 10.7 Å². The van der Waals surface area contributed by atoms with E-state index in [-0.39, 0.29) is 18.8 Å².